The molecule has 0 radical (unpaired) electrons. The van der Waals surface area contributed by atoms with Crippen molar-refractivity contribution in [3.63, 3.8) is 0 Å². The molecule has 2 heterocycles. The van der Waals surface area contributed by atoms with Crippen molar-refractivity contribution in [3.8, 4) is 0 Å². The highest BCUT2D eigenvalue weighted by atomic mass is 16.5. The minimum Gasteiger partial charge on any atom is -0.378 e. The number of nitrogens with zero attached hydrogens (tertiary/aromatic N) is 1. The van der Waals surface area contributed by atoms with Gasteiger partial charge in [-0.1, -0.05) is 0 Å². The number of piperazine rings is 1. The molecule has 3 unspecified atom stereocenters. The normalized spacial score (nSPS) is 38.2. The number of ether oxygens (including phenoxy) is 1. The molecule has 3 heteroatoms. The summed E-state index contributed by atoms with van der Waals surface area (Å²) in [5, 5.41) is 3.65. The third-order valence-corrected chi connectivity index (χ3v) is 4.81. The van der Waals surface area contributed by atoms with Gasteiger partial charge in [0.1, 0.15) is 0 Å². The van der Waals surface area contributed by atoms with Crippen LogP contribution in [0.4, 0.5) is 0 Å². The molecule has 0 amide bonds. The largest absolute Gasteiger partial charge is 0.378 e. The van der Waals surface area contributed by atoms with E-state index in [1.807, 2.05) is 0 Å². The standard InChI is InChI=1S/C15H28N2O/c1-12-11-17(15(10-16-12)13-6-7-13)8-2-4-14-5-3-9-18-14/h12-16H,2-11H2,1H3. The second kappa shape index (κ2) is 5.89. The second-order valence-electron chi connectivity index (χ2n) is 6.49. The molecule has 1 saturated carbocycles. The Morgan fingerprint density at radius 2 is 2.17 bits per heavy atom. The van der Waals surface area contributed by atoms with E-state index in [1.54, 1.807) is 0 Å². The fraction of sp³-hybridized carbons (Fsp3) is 1.00. The molecule has 18 heavy (non-hydrogen) atoms. The van der Waals surface area contributed by atoms with Crippen LogP contribution in [0.15, 0.2) is 0 Å². The summed E-state index contributed by atoms with van der Waals surface area (Å²) in [6.45, 7) is 7.06. The highest BCUT2D eigenvalue weighted by Gasteiger charge is 2.37. The Balaban J connectivity index is 1.43. The topological polar surface area (TPSA) is 24.5 Å². The lowest BCUT2D eigenvalue weighted by Gasteiger charge is -2.40. The lowest BCUT2D eigenvalue weighted by molar-refractivity contribution is 0.0850. The molecule has 3 rings (SSSR count). The van der Waals surface area contributed by atoms with Crippen molar-refractivity contribution >= 4 is 0 Å². The molecule has 3 aliphatic rings. The van der Waals surface area contributed by atoms with Crippen molar-refractivity contribution in [3.05, 3.63) is 0 Å². The van der Waals surface area contributed by atoms with Gasteiger partial charge in [0.05, 0.1) is 6.10 Å². The molecule has 1 N–H and O–H groups in total. The second-order valence-corrected chi connectivity index (χ2v) is 6.49. The van der Waals surface area contributed by atoms with Gasteiger partial charge in [-0.25, -0.2) is 0 Å². The molecule has 104 valence electrons. The van der Waals surface area contributed by atoms with E-state index < -0.39 is 0 Å². The number of hydrogen-bond acceptors (Lipinski definition) is 3. The van der Waals surface area contributed by atoms with Gasteiger partial charge in [0, 0.05) is 31.8 Å². The van der Waals surface area contributed by atoms with Crippen molar-refractivity contribution in [2.45, 2.75) is 63.6 Å². The van der Waals surface area contributed by atoms with Crippen LogP contribution in [0.2, 0.25) is 0 Å². The van der Waals surface area contributed by atoms with Gasteiger partial charge in [0.25, 0.3) is 0 Å². The van der Waals surface area contributed by atoms with E-state index in [1.165, 1.54) is 58.2 Å². The first-order valence-electron chi connectivity index (χ1n) is 7.92. The fourth-order valence-corrected chi connectivity index (χ4v) is 3.60. The summed E-state index contributed by atoms with van der Waals surface area (Å²) in [6.07, 6.45) is 8.66. The van der Waals surface area contributed by atoms with Crippen molar-refractivity contribution in [2.75, 3.05) is 26.2 Å². The van der Waals surface area contributed by atoms with Crippen molar-refractivity contribution in [2.24, 2.45) is 5.92 Å². The first-order chi connectivity index (χ1) is 8.83. The number of rotatable bonds is 5. The first kappa shape index (κ1) is 12.9. The Labute approximate surface area is 111 Å². The monoisotopic (exact) mass is 252 g/mol. The zero-order valence-electron chi connectivity index (χ0n) is 11.7. The molecule has 3 nitrogen and oxygen atoms in total. The van der Waals surface area contributed by atoms with Gasteiger partial charge in [-0.2, -0.15) is 0 Å². The highest BCUT2D eigenvalue weighted by Crippen LogP contribution is 2.36. The van der Waals surface area contributed by atoms with Crippen LogP contribution in [0.3, 0.4) is 0 Å². The molecule has 3 atom stereocenters. The average Bonchev–Trinajstić information content (AvgIpc) is 3.07. The number of hydrogen-bond donors (Lipinski definition) is 1. The predicted molar refractivity (Wildman–Crippen MR) is 73.8 cm³/mol. The molecule has 2 aliphatic heterocycles. The van der Waals surface area contributed by atoms with Gasteiger partial charge < -0.3 is 10.1 Å². The van der Waals surface area contributed by atoms with E-state index >= 15 is 0 Å². The van der Waals surface area contributed by atoms with Crippen molar-refractivity contribution in [1.29, 1.82) is 0 Å². The quantitative estimate of drug-likeness (QED) is 0.810. The molecule has 0 spiro atoms. The summed E-state index contributed by atoms with van der Waals surface area (Å²) in [5.74, 6) is 0.993. The summed E-state index contributed by atoms with van der Waals surface area (Å²) in [7, 11) is 0. The summed E-state index contributed by atoms with van der Waals surface area (Å²) in [6, 6.07) is 1.49. The lowest BCUT2D eigenvalue weighted by Crippen LogP contribution is -2.56. The maximum atomic E-state index is 5.72. The van der Waals surface area contributed by atoms with Crippen molar-refractivity contribution < 1.29 is 4.74 Å². The van der Waals surface area contributed by atoms with Gasteiger partial charge >= 0.3 is 0 Å². The van der Waals surface area contributed by atoms with Crippen LogP contribution in [-0.4, -0.2) is 49.3 Å². The molecule has 0 bridgehead atoms. The Bertz CT molecular complexity index is 261. The molecular formula is C15H28N2O. The third-order valence-electron chi connectivity index (χ3n) is 4.81. The molecule has 0 aromatic heterocycles. The van der Waals surface area contributed by atoms with E-state index in [9.17, 15) is 0 Å². The van der Waals surface area contributed by atoms with E-state index in [4.69, 9.17) is 4.74 Å². The van der Waals surface area contributed by atoms with Crippen LogP contribution in [0.5, 0.6) is 0 Å². The van der Waals surface area contributed by atoms with Crippen LogP contribution >= 0.6 is 0 Å². The van der Waals surface area contributed by atoms with E-state index in [-0.39, 0.29) is 0 Å². The Hall–Kier alpha value is -0.120. The molecule has 1 aliphatic carbocycles. The summed E-state index contributed by atoms with van der Waals surface area (Å²) >= 11 is 0. The van der Waals surface area contributed by atoms with E-state index in [0.717, 1.165) is 18.6 Å². The maximum absolute atomic E-state index is 5.72. The van der Waals surface area contributed by atoms with Gasteiger partial charge in [-0.3, -0.25) is 4.90 Å². The SMILES string of the molecule is CC1CN(CCCC2CCCO2)C(C2CC2)CN1. The lowest BCUT2D eigenvalue weighted by atomic mass is 10.0. The van der Waals surface area contributed by atoms with Gasteiger partial charge in [0.15, 0.2) is 0 Å². The predicted octanol–water partition coefficient (Wildman–Crippen LogP) is 2.02. The maximum Gasteiger partial charge on any atom is 0.0576 e. The molecular weight excluding hydrogens is 224 g/mol. The van der Waals surface area contributed by atoms with Crippen LogP contribution in [0.25, 0.3) is 0 Å². The zero-order chi connectivity index (χ0) is 12.4. The molecule has 0 aromatic carbocycles. The van der Waals surface area contributed by atoms with E-state index in [0.29, 0.717) is 12.1 Å². The van der Waals surface area contributed by atoms with Crippen molar-refractivity contribution in [1.82, 2.24) is 10.2 Å². The average molecular weight is 252 g/mol. The van der Waals surface area contributed by atoms with Crippen LogP contribution in [0.1, 0.15) is 45.4 Å². The Morgan fingerprint density at radius 1 is 1.28 bits per heavy atom. The number of nitrogens with one attached hydrogen (secondary N) is 1. The Kier molecular flexibility index (Phi) is 4.22. The smallest absolute Gasteiger partial charge is 0.0576 e. The van der Waals surface area contributed by atoms with Crippen LogP contribution in [-0.2, 0) is 4.74 Å². The third kappa shape index (κ3) is 3.25. The molecule has 3 fully saturated rings. The first-order valence-corrected chi connectivity index (χ1v) is 7.92. The van der Waals surface area contributed by atoms with Crippen LogP contribution < -0.4 is 5.32 Å². The highest BCUT2D eigenvalue weighted by molar-refractivity contribution is 4.94. The fourth-order valence-electron chi connectivity index (χ4n) is 3.60. The minimum atomic E-state index is 0.574. The molecule has 2 saturated heterocycles. The zero-order valence-corrected chi connectivity index (χ0v) is 11.7. The van der Waals surface area contributed by atoms with Gasteiger partial charge in [-0.15, -0.1) is 0 Å². The Morgan fingerprint density at radius 3 is 2.89 bits per heavy atom. The summed E-state index contributed by atoms with van der Waals surface area (Å²) < 4.78 is 5.72. The summed E-state index contributed by atoms with van der Waals surface area (Å²) in [4.78, 5) is 2.76. The molecule has 0 aromatic rings. The minimum absolute atomic E-state index is 0.574. The van der Waals surface area contributed by atoms with Gasteiger partial charge in [0.2, 0.25) is 0 Å². The van der Waals surface area contributed by atoms with Gasteiger partial charge in [-0.05, 0) is 57.9 Å². The summed E-state index contributed by atoms with van der Waals surface area (Å²) in [5.41, 5.74) is 0. The van der Waals surface area contributed by atoms with E-state index in [2.05, 4.69) is 17.1 Å². The van der Waals surface area contributed by atoms with Crippen LogP contribution in [0, 0.1) is 5.92 Å².